The molecule has 0 fully saturated rings. The summed E-state index contributed by atoms with van der Waals surface area (Å²) in [7, 11) is 0. The molecule has 0 spiro atoms. The minimum absolute atomic E-state index is 0. The van der Waals surface area contributed by atoms with Gasteiger partial charge in [-0.25, -0.2) is 4.79 Å². The Hall–Kier alpha value is -2.08. The van der Waals surface area contributed by atoms with Crippen LogP contribution in [-0.2, 0) is 4.79 Å². The Bertz CT molecular complexity index is 360. The lowest BCUT2D eigenvalue weighted by Gasteiger charge is -2.04. The van der Waals surface area contributed by atoms with Crippen molar-refractivity contribution >= 4 is 17.6 Å². The minimum Gasteiger partial charge on any atom is -0.481 e. The zero-order valence-corrected chi connectivity index (χ0v) is 8.43. The molecule has 0 aliphatic heterocycles. The van der Waals surface area contributed by atoms with E-state index in [1.165, 1.54) is 12.1 Å². The van der Waals surface area contributed by atoms with Crippen LogP contribution < -0.4 is 5.32 Å². The highest BCUT2D eigenvalue weighted by molar-refractivity contribution is 5.88. The largest absolute Gasteiger partial charge is 0.481 e. The van der Waals surface area contributed by atoms with Gasteiger partial charge < -0.3 is 21.0 Å². The number of carbonyl (C=O) groups is 2. The van der Waals surface area contributed by atoms with Crippen molar-refractivity contribution in [3.63, 3.8) is 0 Å². The Balaban J connectivity index is 0.00000225. The third-order valence-electron chi connectivity index (χ3n) is 1.80. The molecular weight excluding hydrogens is 214 g/mol. The van der Waals surface area contributed by atoms with Crippen LogP contribution in [0.15, 0.2) is 24.3 Å². The van der Waals surface area contributed by atoms with E-state index in [-0.39, 0.29) is 17.5 Å². The van der Waals surface area contributed by atoms with Crippen LogP contribution in [0.2, 0.25) is 0 Å². The van der Waals surface area contributed by atoms with Gasteiger partial charge in [0, 0.05) is 12.2 Å². The smallest absolute Gasteiger partial charge is 0.335 e. The van der Waals surface area contributed by atoms with E-state index in [1.54, 1.807) is 12.1 Å². The van der Waals surface area contributed by atoms with Gasteiger partial charge >= 0.3 is 11.9 Å². The van der Waals surface area contributed by atoms with Crippen molar-refractivity contribution < 1.29 is 25.3 Å². The SMILES string of the molecule is O.O=C(O)CCNc1ccc(C(=O)O)cc1. The fourth-order valence-corrected chi connectivity index (χ4v) is 1.04. The first-order valence-electron chi connectivity index (χ1n) is 4.38. The number of carboxylic acid groups (broad SMARTS) is 2. The third kappa shape index (κ3) is 4.43. The summed E-state index contributed by atoms with van der Waals surface area (Å²) in [5, 5.41) is 19.9. The highest BCUT2D eigenvalue weighted by Crippen LogP contribution is 2.09. The maximum Gasteiger partial charge on any atom is 0.335 e. The van der Waals surface area contributed by atoms with Gasteiger partial charge in [0.15, 0.2) is 0 Å². The summed E-state index contributed by atoms with van der Waals surface area (Å²) in [4.78, 5) is 20.7. The van der Waals surface area contributed by atoms with Crippen molar-refractivity contribution in [2.24, 2.45) is 0 Å². The number of hydrogen-bond donors (Lipinski definition) is 3. The number of aliphatic carboxylic acids is 1. The average Bonchev–Trinajstić information content (AvgIpc) is 2.18. The number of carboxylic acids is 2. The quantitative estimate of drug-likeness (QED) is 0.674. The third-order valence-corrected chi connectivity index (χ3v) is 1.80. The van der Waals surface area contributed by atoms with Gasteiger partial charge in [-0.15, -0.1) is 0 Å². The molecule has 0 atom stereocenters. The first kappa shape index (κ1) is 13.9. The van der Waals surface area contributed by atoms with Gasteiger partial charge in [0.2, 0.25) is 0 Å². The van der Waals surface area contributed by atoms with Crippen LogP contribution in [0.25, 0.3) is 0 Å². The van der Waals surface area contributed by atoms with E-state index >= 15 is 0 Å². The monoisotopic (exact) mass is 227 g/mol. The molecule has 0 saturated heterocycles. The topological polar surface area (TPSA) is 118 Å². The molecule has 0 aliphatic rings. The summed E-state index contributed by atoms with van der Waals surface area (Å²) < 4.78 is 0. The van der Waals surface area contributed by atoms with Gasteiger partial charge in [-0.1, -0.05) is 0 Å². The molecule has 0 bridgehead atoms. The zero-order chi connectivity index (χ0) is 11.3. The summed E-state index contributed by atoms with van der Waals surface area (Å²) in [6.07, 6.45) is 0.0285. The number of nitrogens with one attached hydrogen (secondary N) is 1. The van der Waals surface area contributed by atoms with Crippen LogP contribution in [-0.4, -0.2) is 34.2 Å². The summed E-state index contributed by atoms with van der Waals surface area (Å²) >= 11 is 0. The minimum atomic E-state index is -0.980. The van der Waals surface area contributed by atoms with Crippen LogP contribution in [0, 0.1) is 0 Å². The molecule has 0 unspecified atom stereocenters. The normalized spacial score (nSPS) is 9.00. The van der Waals surface area contributed by atoms with E-state index in [0.29, 0.717) is 12.2 Å². The average molecular weight is 227 g/mol. The van der Waals surface area contributed by atoms with Crippen molar-refractivity contribution in [1.82, 2.24) is 0 Å². The standard InChI is InChI=1S/C10H11NO4.H2O/c12-9(13)5-6-11-8-3-1-7(2-4-8)10(14)15;/h1-4,11H,5-6H2,(H,12,13)(H,14,15);1H2. The van der Waals surface area contributed by atoms with Gasteiger partial charge in [-0.3, -0.25) is 4.79 Å². The van der Waals surface area contributed by atoms with Crippen molar-refractivity contribution in [1.29, 1.82) is 0 Å². The molecule has 0 aromatic heterocycles. The summed E-state index contributed by atoms with van der Waals surface area (Å²) in [5.74, 6) is -1.85. The first-order valence-corrected chi connectivity index (χ1v) is 4.38. The number of anilines is 1. The van der Waals surface area contributed by atoms with E-state index in [9.17, 15) is 9.59 Å². The Morgan fingerprint density at radius 2 is 1.69 bits per heavy atom. The van der Waals surface area contributed by atoms with Crippen LogP contribution in [0.1, 0.15) is 16.8 Å². The molecule has 0 saturated carbocycles. The second kappa shape index (κ2) is 6.41. The molecule has 1 aromatic rings. The first-order chi connectivity index (χ1) is 7.09. The Morgan fingerprint density at radius 1 is 1.12 bits per heavy atom. The van der Waals surface area contributed by atoms with Gasteiger partial charge in [-0.2, -0.15) is 0 Å². The fraction of sp³-hybridized carbons (Fsp3) is 0.200. The van der Waals surface area contributed by atoms with Crippen molar-refractivity contribution in [3.05, 3.63) is 29.8 Å². The summed E-state index contributed by atoms with van der Waals surface area (Å²) in [6.45, 7) is 0.321. The van der Waals surface area contributed by atoms with E-state index < -0.39 is 11.9 Å². The lowest BCUT2D eigenvalue weighted by atomic mass is 10.2. The van der Waals surface area contributed by atoms with E-state index in [4.69, 9.17) is 10.2 Å². The molecule has 1 aromatic carbocycles. The number of benzene rings is 1. The molecule has 1 rings (SSSR count). The molecule has 6 heteroatoms. The molecule has 16 heavy (non-hydrogen) atoms. The molecule has 0 amide bonds. The highest BCUT2D eigenvalue weighted by Gasteiger charge is 2.01. The second-order valence-electron chi connectivity index (χ2n) is 2.95. The van der Waals surface area contributed by atoms with Crippen LogP contribution in [0.4, 0.5) is 5.69 Å². The molecule has 5 N–H and O–H groups in total. The lowest BCUT2D eigenvalue weighted by Crippen LogP contribution is -2.07. The van der Waals surface area contributed by atoms with Crippen molar-refractivity contribution in [2.45, 2.75) is 6.42 Å². The van der Waals surface area contributed by atoms with Gasteiger partial charge in [0.1, 0.15) is 0 Å². The maximum absolute atomic E-state index is 10.5. The number of hydrogen-bond acceptors (Lipinski definition) is 3. The molecule has 6 nitrogen and oxygen atoms in total. The Kier molecular flexibility index (Phi) is 5.58. The number of aromatic carboxylic acids is 1. The van der Waals surface area contributed by atoms with Crippen LogP contribution in [0.5, 0.6) is 0 Å². The van der Waals surface area contributed by atoms with Crippen LogP contribution >= 0.6 is 0 Å². The van der Waals surface area contributed by atoms with Gasteiger partial charge in [0.05, 0.1) is 12.0 Å². The predicted octanol–water partition coefficient (Wildman–Crippen LogP) is 0.447. The second-order valence-corrected chi connectivity index (χ2v) is 2.95. The zero-order valence-electron chi connectivity index (χ0n) is 8.43. The van der Waals surface area contributed by atoms with Crippen LogP contribution in [0.3, 0.4) is 0 Å². The molecule has 0 aliphatic carbocycles. The maximum atomic E-state index is 10.5. The molecule has 0 heterocycles. The highest BCUT2D eigenvalue weighted by atomic mass is 16.4. The van der Waals surface area contributed by atoms with E-state index in [2.05, 4.69) is 5.32 Å². The Morgan fingerprint density at radius 3 is 2.12 bits per heavy atom. The van der Waals surface area contributed by atoms with Crippen molar-refractivity contribution in [3.8, 4) is 0 Å². The lowest BCUT2D eigenvalue weighted by molar-refractivity contribution is -0.136. The molecule has 88 valence electrons. The van der Waals surface area contributed by atoms with E-state index in [0.717, 1.165) is 0 Å². The predicted molar refractivity (Wildman–Crippen MR) is 57.8 cm³/mol. The van der Waals surface area contributed by atoms with Gasteiger partial charge in [0.25, 0.3) is 0 Å². The van der Waals surface area contributed by atoms with E-state index in [1.807, 2.05) is 0 Å². The molecule has 0 radical (unpaired) electrons. The Labute approximate surface area is 91.8 Å². The van der Waals surface area contributed by atoms with Crippen molar-refractivity contribution in [2.75, 3.05) is 11.9 Å². The van der Waals surface area contributed by atoms with Gasteiger partial charge in [-0.05, 0) is 24.3 Å². The summed E-state index contributed by atoms with van der Waals surface area (Å²) in [5.41, 5.74) is 0.917. The molecular formula is C10H13NO5. The summed E-state index contributed by atoms with van der Waals surface area (Å²) in [6, 6.07) is 6.13. The fourth-order valence-electron chi connectivity index (χ4n) is 1.04. The number of rotatable bonds is 5.